The Morgan fingerprint density at radius 2 is 2.00 bits per heavy atom. The Balaban J connectivity index is 1.88. The molecule has 0 aliphatic heterocycles. The molecular weight excluding hydrogens is 226 g/mol. The topological polar surface area (TPSA) is 56.5 Å². The van der Waals surface area contributed by atoms with Crippen molar-refractivity contribution in [1.82, 2.24) is 25.2 Å². The van der Waals surface area contributed by atoms with Crippen molar-refractivity contribution in [2.75, 3.05) is 0 Å². The summed E-state index contributed by atoms with van der Waals surface area (Å²) in [7, 11) is 0. The van der Waals surface area contributed by atoms with Crippen LogP contribution in [0.25, 0.3) is 5.69 Å². The van der Waals surface area contributed by atoms with Gasteiger partial charge in [-0.25, -0.2) is 0 Å². The molecule has 0 unspecified atom stereocenters. The zero-order valence-corrected chi connectivity index (χ0v) is 9.64. The summed E-state index contributed by atoms with van der Waals surface area (Å²) in [6.45, 7) is 0. The number of tetrazole rings is 1. The van der Waals surface area contributed by atoms with Gasteiger partial charge in [0.15, 0.2) is 6.33 Å². The number of hydrogen-bond acceptors (Lipinski definition) is 4. The predicted molar refractivity (Wildman–Crippen MR) is 66.2 cm³/mol. The van der Waals surface area contributed by atoms with Crippen molar-refractivity contribution in [3.05, 3.63) is 66.2 Å². The van der Waals surface area contributed by atoms with Gasteiger partial charge in [-0.1, -0.05) is 18.2 Å². The minimum atomic E-state index is 0.844. The van der Waals surface area contributed by atoms with Crippen LogP contribution in [0, 0.1) is 0 Å². The van der Waals surface area contributed by atoms with Crippen LogP contribution in [-0.2, 0) is 6.42 Å². The smallest absolute Gasteiger partial charge is 0.162 e. The van der Waals surface area contributed by atoms with Crippen LogP contribution >= 0.6 is 0 Å². The van der Waals surface area contributed by atoms with Gasteiger partial charge in [0.25, 0.3) is 0 Å². The van der Waals surface area contributed by atoms with Gasteiger partial charge in [0.1, 0.15) is 0 Å². The van der Waals surface area contributed by atoms with Crippen LogP contribution in [0.1, 0.15) is 11.1 Å². The molecule has 5 nitrogen and oxygen atoms in total. The number of rotatable bonds is 3. The molecule has 0 saturated carbocycles. The minimum absolute atomic E-state index is 0.844. The molecule has 0 atom stereocenters. The van der Waals surface area contributed by atoms with Gasteiger partial charge < -0.3 is 0 Å². The first kappa shape index (κ1) is 10.6. The van der Waals surface area contributed by atoms with Gasteiger partial charge in [-0.15, -0.1) is 15.0 Å². The van der Waals surface area contributed by atoms with Gasteiger partial charge in [-0.2, -0.15) is 0 Å². The van der Waals surface area contributed by atoms with E-state index in [1.54, 1.807) is 6.20 Å². The zero-order chi connectivity index (χ0) is 12.2. The van der Waals surface area contributed by atoms with Crippen molar-refractivity contribution in [2.24, 2.45) is 0 Å². The highest BCUT2D eigenvalue weighted by Gasteiger charge is 2.01. The van der Waals surface area contributed by atoms with Crippen LogP contribution in [-0.4, -0.2) is 25.2 Å². The summed E-state index contributed by atoms with van der Waals surface area (Å²) < 4.78 is 0. The summed E-state index contributed by atoms with van der Waals surface area (Å²) in [5.74, 6) is 0. The normalized spacial score (nSPS) is 10.4. The molecule has 1 aromatic carbocycles. The van der Waals surface area contributed by atoms with Gasteiger partial charge >= 0.3 is 0 Å². The number of benzene rings is 1. The maximum atomic E-state index is 4.11. The number of hydrogen-bond donors (Lipinski definition) is 0. The lowest BCUT2D eigenvalue weighted by atomic mass is 10.1. The van der Waals surface area contributed by atoms with Crippen LogP contribution < -0.4 is 0 Å². The van der Waals surface area contributed by atoms with Crippen LogP contribution in [0.2, 0.25) is 0 Å². The second kappa shape index (κ2) is 4.75. The molecule has 18 heavy (non-hydrogen) atoms. The predicted octanol–water partition coefficient (Wildman–Crippen LogP) is 1.65. The third kappa shape index (κ3) is 2.24. The zero-order valence-electron chi connectivity index (χ0n) is 9.64. The molecule has 0 aliphatic carbocycles. The number of nitrogens with zero attached hydrogens (tertiary/aromatic N) is 5. The van der Waals surface area contributed by atoms with Crippen molar-refractivity contribution in [3.63, 3.8) is 0 Å². The molecule has 0 N–H and O–H groups in total. The monoisotopic (exact) mass is 237 g/mol. The maximum absolute atomic E-state index is 4.11. The Hall–Kier alpha value is -2.56. The van der Waals surface area contributed by atoms with Crippen LogP contribution in [0.4, 0.5) is 0 Å². The SMILES string of the molecule is c1cncc(Cc2cccc(-n3ncnn3)c2)c1. The highest BCUT2D eigenvalue weighted by atomic mass is 15.6. The highest BCUT2D eigenvalue weighted by molar-refractivity contribution is 5.35. The standard InChI is InChI=1S/C13H11N5/c1-3-11(7-12-4-2-6-14-9-12)8-13(5-1)18-16-10-15-17-18/h1-6,8-10H,7H2. The second-order valence-corrected chi connectivity index (χ2v) is 3.93. The highest BCUT2D eigenvalue weighted by Crippen LogP contribution is 2.12. The first-order chi connectivity index (χ1) is 8.92. The molecule has 0 aliphatic rings. The van der Waals surface area contributed by atoms with Crippen LogP contribution in [0.3, 0.4) is 0 Å². The summed E-state index contributed by atoms with van der Waals surface area (Å²) in [5, 5.41) is 11.6. The fourth-order valence-corrected chi connectivity index (χ4v) is 1.81. The fourth-order valence-electron chi connectivity index (χ4n) is 1.81. The van der Waals surface area contributed by atoms with Crippen molar-refractivity contribution in [1.29, 1.82) is 0 Å². The first-order valence-electron chi connectivity index (χ1n) is 5.63. The average Bonchev–Trinajstić information content (AvgIpc) is 2.94. The Morgan fingerprint density at radius 1 is 1.06 bits per heavy atom. The summed E-state index contributed by atoms with van der Waals surface area (Å²) in [6.07, 6.45) is 5.92. The van der Waals surface area contributed by atoms with E-state index in [2.05, 4.69) is 38.6 Å². The van der Waals surface area contributed by atoms with Crippen molar-refractivity contribution in [3.8, 4) is 5.69 Å². The quantitative estimate of drug-likeness (QED) is 0.695. The minimum Gasteiger partial charge on any atom is -0.264 e. The van der Waals surface area contributed by atoms with E-state index in [4.69, 9.17) is 0 Å². The largest absolute Gasteiger partial charge is 0.264 e. The van der Waals surface area contributed by atoms with Gasteiger partial charge in [0.2, 0.25) is 0 Å². The molecule has 0 amide bonds. The van der Waals surface area contributed by atoms with Crippen molar-refractivity contribution in [2.45, 2.75) is 6.42 Å². The summed E-state index contributed by atoms with van der Waals surface area (Å²) >= 11 is 0. The van der Waals surface area contributed by atoms with Gasteiger partial charge in [-0.3, -0.25) is 4.98 Å². The lowest BCUT2D eigenvalue weighted by Crippen LogP contribution is -2.00. The lowest BCUT2D eigenvalue weighted by molar-refractivity contribution is 0.719. The van der Waals surface area contributed by atoms with E-state index in [0.717, 1.165) is 12.1 Å². The van der Waals surface area contributed by atoms with E-state index in [1.807, 2.05) is 24.4 Å². The van der Waals surface area contributed by atoms with E-state index >= 15 is 0 Å². The molecule has 2 heterocycles. The molecule has 0 radical (unpaired) electrons. The van der Waals surface area contributed by atoms with E-state index < -0.39 is 0 Å². The molecule has 3 aromatic rings. The van der Waals surface area contributed by atoms with Crippen LogP contribution in [0.15, 0.2) is 55.1 Å². The summed E-state index contributed by atoms with van der Waals surface area (Å²) in [4.78, 5) is 5.62. The molecule has 5 heteroatoms. The fraction of sp³-hybridized carbons (Fsp3) is 0.0769. The van der Waals surface area contributed by atoms with Crippen LogP contribution in [0.5, 0.6) is 0 Å². The molecule has 0 bridgehead atoms. The van der Waals surface area contributed by atoms with Crippen molar-refractivity contribution < 1.29 is 0 Å². The average molecular weight is 237 g/mol. The molecule has 0 saturated heterocycles. The molecule has 0 fully saturated rings. The molecule has 3 rings (SSSR count). The van der Waals surface area contributed by atoms with E-state index in [-0.39, 0.29) is 0 Å². The Morgan fingerprint density at radius 3 is 2.78 bits per heavy atom. The Labute approximate surface area is 104 Å². The third-order valence-corrected chi connectivity index (χ3v) is 2.62. The van der Waals surface area contributed by atoms with Gasteiger partial charge in [-0.05, 0) is 41.0 Å². The van der Waals surface area contributed by atoms with E-state index in [0.29, 0.717) is 0 Å². The Bertz CT molecular complexity index is 619. The second-order valence-electron chi connectivity index (χ2n) is 3.93. The third-order valence-electron chi connectivity index (χ3n) is 2.62. The Kier molecular flexibility index (Phi) is 2.79. The van der Waals surface area contributed by atoms with Gasteiger partial charge in [0, 0.05) is 12.4 Å². The van der Waals surface area contributed by atoms with E-state index in [1.165, 1.54) is 22.3 Å². The number of aromatic nitrogens is 5. The summed E-state index contributed by atoms with van der Waals surface area (Å²) in [5.41, 5.74) is 3.29. The van der Waals surface area contributed by atoms with E-state index in [9.17, 15) is 0 Å². The molecule has 0 spiro atoms. The van der Waals surface area contributed by atoms with Crippen molar-refractivity contribution >= 4 is 0 Å². The molecular formula is C13H11N5. The molecule has 88 valence electrons. The molecule has 2 aromatic heterocycles. The van der Waals surface area contributed by atoms with Gasteiger partial charge in [0.05, 0.1) is 5.69 Å². The number of pyridine rings is 1. The first-order valence-corrected chi connectivity index (χ1v) is 5.63. The maximum Gasteiger partial charge on any atom is 0.162 e. The lowest BCUT2D eigenvalue weighted by Gasteiger charge is -2.04. The summed E-state index contributed by atoms with van der Waals surface area (Å²) in [6, 6.07) is 12.1.